The summed E-state index contributed by atoms with van der Waals surface area (Å²) in [4.78, 5) is 12.2. The predicted molar refractivity (Wildman–Crippen MR) is 233 cm³/mol. The molecule has 0 radical (unpaired) electrons. The molecule has 0 amide bonds. The Hall–Kier alpha value is -1.13. The minimum absolute atomic E-state index is 0.171. The first kappa shape index (κ1) is 51.9. The number of allylic oxidation sites excluding steroid dienone is 4. The van der Waals surface area contributed by atoms with Crippen LogP contribution in [0.2, 0.25) is 0 Å². The zero-order chi connectivity index (χ0) is 38.4. The number of hydrogen-bond donors (Lipinski definition) is 1. The molecular formula is C49H94O4. The van der Waals surface area contributed by atoms with E-state index >= 15 is 0 Å². The van der Waals surface area contributed by atoms with Gasteiger partial charge < -0.3 is 14.6 Å². The first-order chi connectivity index (χ1) is 26.2. The van der Waals surface area contributed by atoms with Gasteiger partial charge in [0.1, 0.15) is 6.10 Å². The molecule has 0 spiro atoms. The highest BCUT2D eigenvalue weighted by atomic mass is 16.6. The summed E-state index contributed by atoms with van der Waals surface area (Å²) in [6.45, 7) is 5.37. The Labute approximate surface area is 332 Å². The summed E-state index contributed by atoms with van der Waals surface area (Å²) in [5.74, 6) is -0.205. The van der Waals surface area contributed by atoms with E-state index in [2.05, 4.69) is 38.2 Å². The fraction of sp³-hybridized carbons (Fsp3) is 0.898. The third-order valence-electron chi connectivity index (χ3n) is 10.7. The van der Waals surface area contributed by atoms with Crippen LogP contribution in [0.3, 0.4) is 0 Å². The number of hydrogen-bond acceptors (Lipinski definition) is 4. The molecular weight excluding hydrogens is 653 g/mol. The SMILES string of the molecule is CCCCCCCC/C=C\CCCCCCCC(=O)OC(CO)COCCCCCCCCCCCCCCCC/C=C\CCCCCCCCCC. The Morgan fingerprint density at radius 1 is 0.434 bits per heavy atom. The number of rotatable bonds is 45. The van der Waals surface area contributed by atoms with Gasteiger partial charge in [-0.05, 0) is 64.2 Å². The number of ether oxygens (including phenoxy) is 2. The predicted octanol–water partition coefficient (Wildman–Crippen LogP) is 15.9. The van der Waals surface area contributed by atoms with Gasteiger partial charge in [-0.1, -0.05) is 212 Å². The molecule has 0 aliphatic carbocycles. The van der Waals surface area contributed by atoms with Gasteiger partial charge in [-0.15, -0.1) is 0 Å². The summed E-state index contributed by atoms with van der Waals surface area (Å²) < 4.78 is 11.2. The van der Waals surface area contributed by atoms with Crippen LogP contribution >= 0.6 is 0 Å². The van der Waals surface area contributed by atoms with Crippen molar-refractivity contribution in [1.82, 2.24) is 0 Å². The molecule has 0 rings (SSSR count). The highest BCUT2D eigenvalue weighted by Crippen LogP contribution is 2.15. The fourth-order valence-electron chi connectivity index (χ4n) is 7.14. The maximum Gasteiger partial charge on any atom is 0.306 e. The summed E-state index contributed by atoms with van der Waals surface area (Å²) in [5.41, 5.74) is 0. The lowest BCUT2D eigenvalue weighted by Crippen LogP contribution is -2.27. The van der Waals surface area contributed by atoms with E-state index < -0.39 is 6.10 Å². The molecule has 0 aliphatic heterocycles. The second-order valence-electron chi connectivity index (χ2n) is 16.2. The molecule has 1 unspecified atom stereocenters. The largest absolute Gasteiger partial charge is 0.457 e. The fourth-order valence-corrected chi connectivity index (χ4v) is 7.14. The molecule has 314 valence electrons. The third kappa shape index (κ3) is 45.2. The lowest BCUT2D eigenvalue weighted by Gasteiger charge is -2.15. The third-order valence-corrected chi connectivity index (χ3v) is 10.7. The van der Waals surface area contributed by atoms with E-state index in [0.717, 1.165) is 19.3 Å². The van der Waals surface area contributed by atoms with Gasteiger partial charge in [0, 0.05) is 13.0 Å². The summed E-state index contributed by atoms with van der Waals surface area (Å²) >= 11 is 0. The van der Waals surface area contributed by atoms with Crippen LogP contribution in [0.1, 0.15) is 258 Å². The van der Waals surface area contributed by atoms with Crippen LogP contribution < -0.4 is 0 Å². The van der Waals surface area contributed by atoms with E-state index in [9.17, 15) is 9.90 Å². The van der Waals surface area contributed by atoms with Crippen molar-refractivity contribution in [3.05, 3.63) is 24.3 Å². The normalized spacial score (nSPS) is 12.4. The Balaban J connectivity index is 3.36. The van der Waals surface area contributed by atoms with E-state index in [1.807, 2.05) is 0 Å². The molecule has 0 saturated carbocycles. The van der Waals surface area contributed by atoms with Gasteiger partial charge >= 0.3 is 5.97 Å². The van der Waals surface area contributed by atoms with Crippen molar-refractivity contribution in [2.24, 2.45) is 0 Å². The Morgan fingerprint density at radius 3 is 1.08 bits per heavy atom. The zero-order valence-electron chi connectivity index (χ0n) is 36.1. The first-order valence-electron chi connectivity index (χ1n) is 23.9. The molecule has 0 aliphatic rings. The van der Waals surface area contributed by atoms with Crippen LogP contribution in [0.5, 0.6) is 0 Å². The topological polar surface area (TPSA) is 55.8 Å². The molecule has 0 aromatic heterocycles. The first-order valence-corrected chi connectivity index (χ1v) is 23.9. The maximum absolute atomic E-state index is 12.2. The van der Waals surface area contributed by atoms with Crippen LogP contribution in [-0.2, 0) is 14.3 Å². The van der Waals surface area contributed by atoms with Crippen molar-refractivity contribution in [2.45, 2.75) is 264 Å². The molecule has 1 N–H and O–H groups in total. The van der Waals surface area contributed by atoms with Gasteiger partial charge in [-0.2, -0.15) is 0 Å². The number of unbranched alkanes of at least 4 members (excludes halogenated alkanes) is 33. The van der Waals surface area contributed by atoms with E-state index in [0.29, 0.717) is 19.6 Å². The van der Waals surface area contributed by atoms with E-state index in [-0.39, 0.29) is 12.6 Å². The minimum atomic E-state index is -0.535. The van der Waals surface area contributed by atoms with Gasteiger partial charge in [0.25, 0.3) is 0 Å². The molecule has 0 bridgehead atoms. The van der Waals surface area contributed by atoms with Crippen LogP contribution in [0.25, 0.3) is 0 Å². The summed E-state index contributed by atoms with van der Waals surface area (Å²) in [5, 5.41) is 9.62. The van der Waals surface area contributed by atoms with Crippen molar-refractivity contribution in [1.29, 1.82) is 0 Å². The highest BCUT2D eigenvalue weighted by Gasteiger charge is 2.13. The Morgan fingerprint density at radius 2 is 0.736 bits per heavy atom. The van der Waals surface area contributed by atoms with Crippen molar-refractivity contribution in [3.63, 3.8) is 0 Å². The number of aliphatic hydroxyl groups is 1. The van der Waals surface area contributed by atoms with Gasteiger partial charge in [0.15, 0.2) is 0 Å². The molecule has 0 saturated heterocycles. The van der Waals surface area contributed by atoms with Crippen LogP contribution in [0.15, 0.2) is 24.3 Å². The lowest BCUT2D eigenvalue weighted by molar-refractivity contribution is -0.154. The smallest absolute Gasteiger partial charge is 0.306 e. The summed E-state index contributed by atoms with van der Waals surface area (Å²) in [6.07, 6.45) is 58.3. The van der Waals surface area contributed by atoms with Crippen molar-refractivity contribution in [2.75, 3.05) is 19.8 Å². The van der Waals surface area contributed by atoms with Gasteiger partial charge in [-0.25, -0.2) is 0 Å². The van der Waals surface area contributed by atoms with Crippen molar-refractivity contribution < 1.29 is 19.4 Å². The van der Waals surface area contributed by atoms with Crippen LogP contribution in [0.4, 0.5) is 0 Å². The Bertz CT molecular complexity index is 747. The highest BCUT2D eigenvalue weighted by molar-refractivity contribution is 5.69. The van der Waals surface area contributed by atoms with Gasteiger partial charge in [0.05, 0.1) is 13.2 Å². The molecule has 0 aromatic rings. The monoisotopic (exact) mass is 747 g/mol. The standard InChI is InChI=1S/C49H94O4/c1-3-5-7-9-11-13-15-17-19-20-21-22-23-24-25-26-27-28-29-31-33-35-37-39-41-43-45-52-47-48(46-50)53-49(51)44-42-40-38-36-34-32-30-18-16-14-12-10-8-6-4-2/h18,20-21,30,48,50H,3-17,19,22-29,31-47H2,1-2H3/b21-20-,30-18-. The van der Waals surface area contributed by atoms with E-state index in [1.165, 1.54) is 218 Å². The molecule has 0 fully saturated rings. The molecule has 53 heavy (non-hydrogen) atoms. The van der Waals surface area contributed by atoms with Crippen LogP contribution in [-0.4, -0.2) is 37.0 Å². The van der Waals surface area contributed by atoms with E-state index in [1.54, 1.807) is 0 Å². The average Bonchev–Trinajstić information content (AvgIpc) is 3.16. The van der Waals surface area contributed by atoms with Gasteiger partial charge in [0.2, 0.25) is 0 Å². The maximum atomic E-state index is 12.2. The zero-order valence-corrected chi connectivity index (χ0v) is 36.1. The summed E-state index contributed by atoms with van der Waals surface area (Å²) in [7, 11) is 0. The quantitative estimate of drug-likeness (QED) is 0.0383. The van der Waals surface area contributed by atoms with Crippen LogP contribution in [0, 0.1) is 0 Å². The molecule has 0 aromatic carbocycles. The number of esters is 1. The minimum Gasteiger partial charge on any atom is -0.457 e. The second kappa shape index (κ2) is 47.0. The van der Waals surface area contributed by atoms with Crippen molar-refractivity contribution >= 4 is 5.97 Å². The molecule has 4 heteroatoms. The Kier molecular flexibility index (Phi) is 46.0. The summed E-state index contributed by atoms with van der Waals surface area (Å²) in [6, 6.07) is 0. The molecule has 4 nitrogen and oxygen atoms in total. The molecule has 0 heterocycles. The number of aliphatic hydroxyl groups excluding tert-OH is 1. The number of carbonyl (C=O) groups is 1. The van der Waals surface area contributed by atoms with E-state index in [4.69, 9.17) is 9.47 Å². The number of carbonyl (C=O) groups excluding carboxylic acids is 1. The van der Waals surface area contributed by atoms with Gasteiger partial charge in [-0.3, -0.25) is 4.79 Å². The average molecular weight is 747 g/mol. The molecule has 1 atom stereocenters. The second-order valence-corrected chi connectivity index (χ2v) is 16.2. The lowest BCUT2D eigenvalue weighted by atomic mass is 10.0. The van der Waals surface area contributed by atoms with Crippen molar-refractivity contribution in [3.8, 4) is 0 Å².